The summed E-state index contributed by atoms with van der Waals surface area (Å²) in [5, 5.41) is 0. The van der Waals surface area contributed by atoms with Crippen molar-refractivity contribution in [1.82, 2.24) is 0 Å². The maximum absolute atomic E-state index is 5.97. The largest absolute Gasteiger partial charge is 0.493 e. The van der Waals surface area contributed by atoms with Crippen LogP contribution in [0.4, 0.5) is 0 Å². The summed E-state index contributed by atoms with van der Waals surface area (Å²) in [5.41, 5.74) is 8.45. The Morgan fingerprint density at radius 3 is 2.40 bits per heavy atom. The van der Waals surface area contributed by atoms with Crippen LogP contribution in [0.1, 0.15) is 23.6 Å². The average molecular weight is 230 g/mol. The Bertz CT molecular complexity index is 354. The second kappa shape index (κ2) is 4.73. The van der Waals surface area contributed by atoms with Gasteiger partial charge in [-0.1, -0.05) is 0 Å². The van der Waals surface area contributed by atoms with Crippen LogP contribution >= 0.6 is 12.4 Å². The highest BCUT2D eigenvalue weighted by Crippen LogP contribution is 2.38. The van der Waals surface area contributed by atoms with Crippen LogP contribution < -0.4 is 15.2 Å². The summed E-state index contributed by atoms with van der Waals surface area (Å²) < 4.78 is 10.5. The maximum Gasteiger partial charge on any atom is 0.161 e. The first-order valence-corrected chi connectivity index (χ1v) is 4.76. The summed E-state index contributed by atoms with van der Waals surface area (Å²) in [7, 11) is 3.30. The van der Waals surface area contributed by atoms with E-state index in [4.69, 9.17) is 15.2 Å². The molecule has 0 spiro atoms. The van der Waals surface area contributed by atoms with E-state index >= 15 is 0 Å². The zero-order valence-corrected chi connectivity index (χ0v) is 9.76. The van der Waals surface area contributed by atoms with Crippen LogP contribution in [0.5, 0.6) is 11.5 Å². The SMILES string of the molecule is COc1cc2c(cc1OC)[C@@H](N)CC2.Cl. The standard InChI is InChI=1S/C11H15NO2.ClH/c1-13-10-5-7-3-4-9(12)8(7)6-11(10)14-2;/h5-6,9H,3-4,12H2,1-2H3;1H/t9-;/m0./s1. The molecule has 0 fully saturated rings. The van der Waals surface area contributed by atoms with Crippen molar-refractivity contribution in [1.29, 1.82) is 0 Å². The number of rotatable bonds is 2. The molecule has 0 radical (unpaired) electrons. The monoisotopic (exact) mass is 229 g/mol. The fraction of sp³-hybridized carbons (Fsp3) is 0.455. The van der Waals surface area contributed by atoms with Crippen molar-refractivity contribution < 1.29 is 9.47 Å². The number of aryl methyl sites for hydroxylation is 1. The van der Waals surface area contributed by atoms with Gasteiger partial charge in [0.25, 0.3) is 0 Å². The van der Waals surface area contributed by atoms with Crippen LogP contribution in [0.25, 0.3) is 0 Å². The number of halogens is 1. The van der Waals surface area contributed by atoms with Gasteiger partial charge in [0.05, 0.1) is 14.2 Å². The van der Waals surface area contributed by atoms with Crippen molar-refractivity contribution in [2.24, 2.45) is 5.73 Å². The molecule has 0 bridgehead atoms. The predicted molar refractivity (Wildman–Crippen MR) is 62.0 cm³/mol. The van der Waals surface area contributed by atoms with E-state index in [-0.39, 0.29) is 18.4 Å². The van der Waals surface area contributed by atoms with Crippen LogP contribution in [0, 0.1) is 0 Å². The van der Waals surface area contributed by atoms with E-state index in [1.807, 2.05) is 12.1 Å². The lowest BCUT2D eigenvalue weighted by molar-refractivity contribution is 0.354. The van der Waals surface area contributed by atoms with Crippen molar-refractivity contribution in [2.45, 2.75) is 18.9 Å². The number of methoxy groups -OCH3 is 2. The number of hydrogen-bond donors (Lipinski definition) is 1. The van der Waals surface area contributed by atoms with Gasteiger partial charge < -0.3 is 15.2 Å². The molecule has 1 atom stereocenters. The molecule has 0 saturated heterocycles. The van der Waals surface area contributed by atoms with E-state index < -0.39 is 0 Å². The van der Waals surface area contributed by atoms with Crippen molar-refractivity contribution in [3.05, 3.63) is 23.3 Å². The zero-order chi connectivity index (χ0) is 10.1. The Balaban J connectivity index is 0.00000112. The van der Waals surface area contributed by atoms with Crippen LogP contribution in [-0.2, 0) is 6.42 Å². The fourth-order valence-corrected chi connectivity index (χ4v) is 1.96. The number of benzene rings is 1. The summed E-state index contributed by atoms with van der Waals surface area (Å²) in [6.45, 7) is 0. The molecule has 1 aromatic rings. The molecule has 0 unspecified atom stereocenters. The molecule has 0 aliphatic heterocycles. The molecule has 1 aliphatic carbocycles. The minimum atomic E-state index is 0. The third kappa shape index (κ3) is 2.03. The lowest BCUT2D eigenvalue weighted by Gasteiger charge is -2.11. The molecule has 0 saturated carbocycles. The summed E-state index contributed by atoms with van der Waals surface area (Å²) >= 11 is 0. The van der Waals surface area contributed by atoms with E-state index in [0.29, 0.717) is 0 Å². The third-order valence-corrected chi connectivity index (χ3v) is 2.77. The van der Waals surface area contributed by atoms with E-state index in [0.717, 1.165) is 24.3 Å². The number of fused-ring (bicyclic) bond motifs is 1. The first-order valence-electron chi connectivity index (χ1n) is 4.76. The topological polar surface area (TPSA) is 44.5 Å². The Hall–Kier alpha value is -0.930. The van der Waals surface area contributed by atoms with E-state index in [9.17, 15) is 0 Å². The smallest absolute Gasteiger partial charge is 0.161 e. The highest BCUT2D eigenvalue weighted by Gasteiger charge is 2.21. The van der Waals surface area contributed by atoms with E-state index in [1.165, 1.54) is 11.1 Å². The molecule has 15 heavy (non-hydrogen) atoms. The minimum absolute atomic E-state index is 0. The minimum Gasteiger partial charge on any atom is -0.493 e. The molecule has 0 aromatic heterocycles. The van der Waals surface area contributed by atoms with Crippen LogP contribution in [0.15, 0.2) is 12.1 Å². The Morgan fingerprint density at radius 1 is 1.20 bits per heavy atom. The van der Waals surface area contributed by atoms with Gasteiger partial charge in [-0.2, -0.15) is 0 Å². The summed E-state index contributed by atoms with van der Waals surface area (Å²) in [4.78, 5) is 0. The van der Waals surface area contributed by atoms with Crippen molar-refractivity contribution >= 4 is 12.4 Å². The van der Waals surface area contributed by atoms with Crippen LogP contribution in [0.2, 0.25) is 0 Å². The molecule has 1 aliphatic rings. The molecule has 0 heterocycles. The van der Waals surface area contributed by atoms with E-state index in [1.54, 1.807) is 14.2 Å². The molecule has 1 aromatic carbocycles. The second-order valence-corrected chi connectivity index (χ2v) is 3.55. The van der Waals surface area contributed by atoms with Gasteiger partial charge in [0.1, 0.15) is 0 Å². The molecule has 4 heteroatoms. The first kappa shape index (κ1) is 12.1. The normalized spacial score (nSPS) is 17.9. The van der Waals surface area contributed by atoms with Gasteiger partial charge in [0.2, 0.25) is 0 Å². The van der Waals surface area contributed by atoms with E-state index in [2.05, 4.69) is 0 Å². The van der Waals surface area contributed by atoms with Gasteiger partial charge in [0.15, 0.2) is 11.5 Å². The number of nitrogens with two attached hydrogens (primary N) is 1. The van der Waals surface area contributed by atoms with Crippen molar-refractivity contribution in [3.8, 4) is 11.5 Å². The van der Waals surface area contributed by atoms with Gasteiger partial charge in [-0.3, -0.25) is 0 Å². The zero-order valence-electron chi connectivity index (χ0n) is 8.95. The quantitative estimate of drug-likeness (QED) is 0.845. The molecule has 84 valence electrons. The third-order valence-electron chi connectivity index (χ3n) is 2.77. The van der Waals surface area contributed by atoms with Crippen LogP contribution in [0.3, 0.4) is 0 Å². The highest BCUT2D eigenvalue weighted by atomic mass is 35.5. The predicted octanol–water partition coefficient (Wildman–Crippen LogP) is 2.07. The molecular weight excluding hydrogens is 214 g/mol. The summed E-state index contributed by atoms with van der Waals surface area (Å²) in [6.07, 6.45) is 2.06. The molecule has 2 N–H and O–H groups in total. The van der Waals surface area contributed by atoms with Crippen molar-refractivity contribution in [2.75, 3.05) is 14.2 Å². The van der Waals surface area contributed by atoms with Crippen molar-refractivity contribution in [3.63, 3.8) is 0 Å². The van der Waals surface area contributed by atoms with Gasteiger partial charge in [-0.05, 0) is 36.1 Å². The Morgan fingerprint density at radius 2 is 1.80 bits per heavy atom. The molecule has 3 nitrogen and oxygen atoms in total. The number of ether oxygens (including phenoxy) is 2. The number of hydrogen-bond acceptors (Lipinski definition) is 3. The maximum atomic E-state index is 5.97. The molecule has 0 amide bonds. The summed E-state index contributed by atoms with van der Waals surface area (Å²) in [5.74, 6) is 1.56. The lowest BCUT2D eigenvalue weighted by Crippen LogP contribution is -2.05. The fourth-order valence-electron chi connectivity index (χ4n) is 1.96. The highest BCUT2D eigenvalue weighted by molar-refractivity contribution is 5.85. The van der Waals surface area contributed by atoms with Crippen LogP contribution in [-0.4, -0.2) is 14.2 Å². The Kier molecular flexibility index (Phi) is 3.83. The molecule has 2 rings (SSSR count). The van der Waals surface area contributed by atoms with Gasteiger partial charge in [-0.25, -0.2) is 0 Å². The van der Waals surface area contributed by atoms with Gasteiger partial charge >= 0.3 is 0 Å². The first-order chi connectivity index (χ1) is 6.76. The molecular formula is C11H16ClNO2. The Labute approximate surface area is 96.0 Å². The van der Waals surface area contributed by atoms with Gasteiger partial charge in [0, 0.05) is 6.04 Å². The van der Waals surface area contributed by atoms with Gasteiger partial charge in [-0.15, -0.1) is 12.4 Å². The summed E-state index contributed by atoms with van der Waals surface area (Å²) in [6, 6.07) is 4.18. The lowest BCUT2D eigenvalue weighted by atomic mass is 10.1. The second-order valence-electron chi connectivity index (χ2n) is 3.55. The average Bonchev–Trinajstić information content (AvgIpc) is 2.58.